The number of carbonyl (C=O) groups excluding carboxylic acids is 3. The predicted molar refractivity (Wildman–Crippen MR) is 102 cm³/mol. The second kappa shape index (κ2) is 8.33. The van der Waals surface area contributed by atoms with E-state index in [2.05, 4.69) is 32.1 Å². The Labute approximate surface area is 162 Å². The summed E-state index contributed by atoms with van der Waals surface area (Å²) in [5, 5.41) is 2.63. The molecule has 1 aromatic heterocycles. The van der Waals surface area contributed by atoms with Crippen molar-refractivity contribution in [1.82, 2.24) is 10.9 Å². The van der Waals surface area contributed by atoms with Gasteiger partial charge in [-0.2, -0.15) is 0 Å². The quantitative estimate of drug-likeness (QED) is 0.555. The molecule has 0 aliphatic carbocycles. The summed E-state index contributed by atoms with van der Waals surface area (Å²) in [4.78, 5) is 36.3. The smallest absolute Gasteiger partial charge is 0.291 e. The van der Waals surface area contributed by atoms with Crippen molar-refractivity contribution in [3.05, 3.63) is 88.3 Å². The first-order valence-electron chi connectivity index (χ1n) is 7.84. The Morgan fingerprint density at radius 3 is 2.15 bits per heavy atom. The Balaban J connectivity index is 1.60. The summed E-state index contributed by atoms with van der Waals surface area (Å²) in [6, 6.07) is 16.1. The summed E-state index contributed by atoms with van der Waals surface area (Å²) >= 11 is 3.29. The van der Waals surface area contributed by atoms with Gasteiger partial charge >= 0.3 is 0 Å². The van der Waals surface area contributed by atoms with Gasteiger partial charge in [0, 0.05) is 21.3 Å². The summed E-state index contributed by atoms with van der Waals surface area (Å²) in [5.74, 6) is -1.24. The third kappa shape index (κ3) is 4.83. The third-order valence-corrected chi connectivity index (χ3v) is 4.05. The van der Waals surface area contributed by atoms with Crippen LogP contribution >= 0.6 is 15.9 Å². The molecule has 3 N–H and O–H groups in total. The average Bonchev–Trinajstić information content (AvgIpc) is 3.21. The van der Waals surface area contributed by atoms with Crippen molar-refractivity contribution in [2.75, 3.05) is 5.32 Å². The van der Waals surface area contributed by atoms with Gasteiger partial charge in [-0.15, -0.1) is 0 Å². The Morgan fingerprint density at radius 2 is 1.48 bits per heavy atom. The maximum atomic E-state index is 12.2. The molecule has 0 unspecified atom stereocenters. The van der Waals surface area contributed by atoms with Crippen molar-refractivity contribution in [3.8, 4) is 0 Å². The molecule has 3 aromatic rings. The maximum Gasteiger partial charge on any atom is 0.291 e. The normalized spacial score (nSPS) is 10.1. The molecule has 0 atom stereocenters. The van der Waals surface area contributed by atoms with Crippen LogP contribution in [0.3, 0.4) is 0 Å². The van der Waals surface area contributed by atoms with Gasteiger partial charge in [0.25, 0.3) is 17.7 Å². The van der Waals surface area contributed by atoms with E-state index < -0.39 is 17.7 Å². The monoisotopic (exact) mass is 427 g/mol. The van der Waals surface area contributed by atoms with Crippen LogP contribution in [0, 0.1) is 0 Å². The van der Waals surface area contributed by atoms with Gasteiger partial charge in [0.2, 0.25) is 0 Å². The van der Waals surface area contributed by atoms with Crippen LogP contribution in [0.2, 0.25) is 0 Å². The summed E-state index contributed by atoms with van der Waals surface area (Å²) in [6.07, 6.45) is 1.40. The molecule has 0 fully saturated rings. The van der Waals surface area contributed by atoms with Gasteiger partial charge in [0.05, 0.1) is 6.26 Å². The summed E-state index contributed by atoms with van der Waals surface area (Å²) in [5.41, 5.74) is 5.77. The Kier molecular flexibility index (Phi) is 5.68. The number of hydrogen-bond acceptors (Lipinski definition) is 4. The minimum atomic E-state index is -0.519. The lowest BCUT2D eigenvalue weighted by Crippen LogP contribution is -2.41. The lowest BCUT2D eigenvalue weighted by molar-refractivity contribution is 0.0846. The van der Waals surface area contributed by atoms with Crippen LogP contribution in [0.1, 0.15) is 31.3 Å². The van der Waals surface area contributed by atoms with Crippen LogP contribution in [-0.2, 0) is 0 Å². The minimum absolute atomic E-state index is 0.159. The highest BCUT2D eigenvalue weighted by Crippen LogP contribution is 2.13. The molecule has 8 heteroatoms. The first-order valence-corrected chi connectivity index (χ1v) is 8.63. The standard InChI is InChI=1S/C19H14BrN3O4/c20-14-8-6-12(7-9-14)17(24)22-23-18(25)13-3-1-4-15(11-13)21-19(26)16-5-2-10-27-16/h1-11H,(H,21,26)(H,22,24)(H,23,25). The number of halogens is 1. The first kappa shape index (κ1) is 18.4. The van der Waals surface area contributed by atoms with E-state index in [1.54, 1.807) is 48.5 Å². The molecule has 136 valence electrons. The summed E-state index contributed by atoms with van der Waals surface area (Å²) in [6.45, 7) is 0. The molecule has 27 heavy (non-hydrogen) atoms. The molecular weight excluding hydrogens is 414 g/mol. The van der Waals surface area contributed by atoms with E-state index in [1.165, 1.54) is 18.4 Å². The molecule has 3 rings (SSSR count). The number of hydrogen-bond donors (Lipinski definition) is 3. The number of benzene rings is 2. The third-order valence-electron chi connectivity index (χ3n) is 3.52. The SMILES string of the molecule is O=C(NNC(=O)c1cccc(NC(=O)c2ccco2)c1)c1ccc(Br)cc1. The van der Waals surface area contributed by atoms with Crippen LogP contribution in [0.4, 0.5) is 5.69 Å². The number of rotatable bonds is 4. The Bertz CT molecular complexity index is 969. The number of hydrazine groups is 1. The van der Waals surface area contributed by atoms with E-state index in [9.17, 15) is 14.4 Å². The minimum Gasteiger partial charge on any atom is -0.459 e. The second-order valence-corrected chi connectivity index (χ2v) is 6.34. The molecule has 0 saturated heterocycles. The van der Waals surface area contributed by atoms with Gasteiger partial charge in [-0.25, -0.2) is 0 Å². The lowest BCUT2D eigenvalue weighted by atomic mass is 10.2. The summed E-state index contributed by atoms with van der Waals surface area (Å²) < 4.78 is 5.86. The van der Waals surface area contributed by atoms with Crippen LogP contribution in [0.15, 0.2) is 75.8 Å². The fourth-order valence-electron chi connectivity index (χ4n) is 2.20. The van der Waals surface area contributed by atoms with E-state index >= 15 is 0 Å². The van der Waals surface area contributed by atoms with Gasteiger partial charge < -0.3 is 9.73 Å². The molecule has 7 nitrogen and oxygen atoms in total. The highest BCUT2D eigenvalue weighted by molar-refractivity contribution is 9.10. The van der Waals surface area contributed by atoms with Gasteiger partial charge in [-0.05, 0) is 54.6 Å². The van der Waals surface area contributed by atoms with Crippen LogP contribution in [0.25, 0.3) is 0 Å². The zero-order valence-electron chi connectivity index (χ0n) is 13.9. The topological polar surface area (TPSA) is 100 Å². The van der Waals surface area contributed by atoms with E-state index in [4.69, 9.17) is 4.42 Å². The van der Waals surface area contributed by atoms with Crippen molar-refractivity contribution in [2.24, 2.45) is 0 Å². The van der Waals surface area contributed by atoms with Gasteiger partial charge in [0.15, 0.2) is 5.76 Å². The van der Waals surface area contributed by atoms with Crippen molar-refractivity contribution < 1.29 is 18.8 Å². The zero-order chi connectivity index (χ0) is 19.2. The molecular formula is C19H14BrN3O4. The van der Waals surface area contributed by atoms with E-state index in [-0.39, 0.29) is 11.3 Å². The average molecular weight is 428 g/mol. The van der Waals surface area contributed by atoms with E-state index in [0.717, 1.165) is 4.47 Å². The molecule has 0 saturated carbocycles. The molecule has 0 bridgehead atoms. The molecule has 0 radical (unpaired) electrons. The fourth-order valence-corrected chi connectivity index (χ4v) is 2.46. The van der Waals surface area contributed by atoms with Gasteiger partial charge in [-0.3, -0.25) is 25.2 Å². The van der Waals surface area contributed by atoms with Crippen molar-refractivity contribution in [1.29, 1.82) is 0 Å². The number of amides is 3. The molecule has 0 aliphatic heterocycles. The van der Waals surface area contributed by atoms with Crippen LogP contribution < -0.4 is 16.2 Å². The zero-order valence-corrected chi connectivity index (χ0v) is 15.4. The van der Waals surface area contributed by atoms with Gasteiger partial charge in [-0.1, -0.05) is 22.0 Å². The van der Waals surface area contributed by atoms with Crippen molar-refractivity contribution in [2.45, 2.75) is 0 Å². The van der Waals surface area contributed by atoms with E-state index in [1.807, 2.05) is 0 Å². The Hall–Kier alpha value is -3.39. The van der Waals surface area contributed by atoms with Crippen molar-refractivity contribution in [3.63, 3.8) is 0 Å². The Morgan fingerprint density at radius 1 is 0.778 bits per heavy atom. The number of carbonyl (C=O) groups is 3. The molecule has 1 heterocycles. The van der Waals surface area contributed by atoms with Crippen LogP contribution in [0.5, 0.6) is 0 Å². The number of furan rings is 1. The molecule has 2 aromatic carbocycles. The van der Waals surface area contributed by atoms with Crippen LogP contribution in [-0.4, -0.2) is 17.7 Å². The number of nitrogens with one attached hydrogen (secondary N) is 3. The van der Waals surface area contributed by atoms with Crippen molar-refractivity contribution >= 4 is 39.3 Å². The fraction of sp³-hybridized carbons (Fsp3) is 0. The summed E-state index contributed by atoms with van der Waals surface area (Å²) in [7, 11) is 0. The largest absolute Gasteiger partial charge is 0.459 e. The first-order chi connectivity index (χ1) is 13.0. The highest BCUT2D eigenvalue weighted by Gasteiger charge is 2.12. The maximum absolute atomic E-state index is 12.2. The lowest BCUT2D eigenvalue weighted by Gasteiger charge is -2.09. The highest BCUT2D eigenvalue weighted by atomic mass is 79.9. The predicted octanol–water partition coefficient (Wildman–Crippen LogP) is 3.37. The number of anilines is 1. The van der Waals surface area contributed by atoms with Gasteiger partial charge in [0.1, 0.15) is 0 Å². The van der Waals surface area contributed by atoms with E-state index in [0.29, 0.717) is 11.3 Å². The molecule has 0 aliphatic rings. The molecule has 0 spiro atoms. The second-order valence-electron chi connectivity index (χ2n) is 5.43. The molecule has 3 amide bonds.